The van der Waals surface area contributed by atoms with Crippen LogP contribution in [0, 0.1) is 27.7 Å². The molecule has 0 aliphatic carbocycles. The number of carbonyl (C=O) groups is 2. The molecular weight excluding hydrogens is 318 g/mol. The molecule has 0 saturated carbocycles. The first kappa shape index (κ1) is 18.7. The van der Waals surface area contributed by atoms with Crippen LogP contribution < -0.4 is 5.32 Å². The molecule has 2 aromatic rings. The second-order valence-corrected chi connectivity index (χ2v) is 6.53. The van der Waals surface area contributed by atoms with E-state index in [0.717, 1.165) is 28.1 Å². The molecule has 2 rings (SSSR count). The number of aromatic nitrogens is 2. The summed E-state index contributed by atoms with van der Waals surface area (Å²) in [6, 6.07) is 4.52. The Hall–Kier alpha value is -2.63. The minimum absolute atomic E-state index is 0.224. The van der Waals surface area contributed by atoms with E-state index in [1.54, 1.807) is 16.8 Å². The van der Waals surface area contributed by atoms with E-state index in [4.69, 9.17) is 0 Å². The predicted molar refractivity (Wildman–Crippen MR) is 95.4 cm³/mol. The van der Waals surface area contributed by atoms with Crippen LogP contribution >= 0.6 is 0 Å². The summed E-state index contributed by atoms with van der Waals surface area (Å²) in [5, 5.41) is 16.5. The third kappa shape index (κ3) is 4.47. The minimum atomic E-state index is -1.06. The van der Waals surface area contributed by atoms with E-state index in [0.29, 0.717) is 12.0 Å². The van der Waals surface area contributed by atoms with Gasteiger partial charge < -0.3 is 10.4 Å². The molecule has 1 amide bonds. The number of hydrogen-bond donors (Lipinski definition) is 2. The fourth-order valence-electron chi connectivity index (χ4n) is 3.12. The fraction of sp³-hybridized carbons (Fsp3) is 0.421. The topological polar surface area (TPSA) is 84.2 Å². The molecule has 25 heavy (non-hydrogen) atoms. The molecule has 0 bridgehead atoms. The number of hydrogen-bond acceptors (Lipinski definition) is 3. The molecule has 0 aliphatic heterocycles. The molecule has 6 nitrogen and oxygen atoms in total. The van der Waals surface area contributed by atoms with E-state index >= 15 is 0 Å². The van der Waals surface area contributed by atoms with Crippen LogP contribution in [0.5, 0.6) is 0 Å². The van der Waals surface area contributed by atoms with Crippen LogP contribution in [0.25, 0.3) is 0 Å². The zero-order valence-electron chi connectivity index (χ0n) is 15.4. The third-order valence-corrected chi connectivity index (χ3v) is 4.39. The normalized spacial score (nSPS) is 12.0. The van der Waals surface area contributed by atoms with Gasteiger partial charge in [0.15, 0.2) is 6.04 Å². The molecule has 0 saturated heterocycles. The predicted octanol–water partition coefficient (Wildman–Crippen LogP) is 2.53. The van der Waals surface area contributed by atoms with Crippen LogP contribution in [0.4, 0.5) is 0 Å². The van der Waals surface area contributed by atoms with E-state index in [9.17, 15) is 14.7 Å². The average molecular weight is 343 g/mol. The van der Waals surface area contributed by atoms with Crippen molar-refractivity contribution in [1.29, 1.82) is 0 Å². The molecule has 1 unspecified atom stereocenters. The van der Waals surface area contributed by atoms with Gasteiger partial charge in [0, 0.05) is 19.2 Å². The Labute approximate surface area is 147 Å². The number of amides is 1. The quantitative estimate of drug-likeness (QED) is 0.844. The Balaban J connectivity index is 2.09. The minimum Gasteiger partial charge on any atom is -0.479 e. The van der Waals surface area contributed by atoms with Crippen molar-refractivity contribution >= 4 is 11.9 Å². The summed E-state index contributed by atoms with van der Waals surface area (Å²) in [7, 11) is 1.87. The van der Waals surface area contributed by atoms with Gasteiger partial charge in [-0.2, -0.15) is 5.10 Å². The number of nitrogens with zero attached hydrogens (tertiary/aromatic N) is 2. The second kappa shape index (κ2) is 7.51. The van der Waals surface area contributed by atoms with Crippen molar-refractivity contribution < 1.29 is 14.7 Å². The second-order valence-electron chi connectivity index (χ2n) is 6.53. The van der Waals surface area contributed by atoms with E-state index in [1.807, 2.05) is 40.8 Å². The van der Waals surface area contributed by atoms with Gasteiger partial charge in [-0.25, -0.2) is 4.79 Å². The molecule has 0 radical (unpaired) electrons. The fourth-order valence-corrected chi connectivity index (χ4v) is 3.12. The van der Waals surface area contributed by atoms with Gasteiger partial charge in [0.05, 0.1) is 5.69 Å². The zero-order chi connectivity index (χ0) is 18.7. The van der Waals surface area contributed by atoms with Crippen LogP contribution in [0.1, 0.15) is 46.1 Å². The number of aliphatic carboxylic acids is 1. The summed E-state index contributed by atoms with van der Waals surface area (Å²) in [6.45, 7) is 7.69. The Morgan fingerprint density at radius 1 is 1.16 bits per heavy atom. The first-order valence-electron chi connectivity index (χ1n) is 8.28. The highest BCUT2D eigenvalue weighted by molar-refractivity contribution is 5.84. The molecule has 1 heterocycles. The standard InChI is InChI=1S/C19H25N3O3/c1-11-8-12(2)10-15(9-11)18(19(24)25)20-17(23)7-6-16-13(3)21-22(5)14(16)4/h8-10,18H,6-7H2,1-5H3,(H,20,23)(H,24,25). The van der Waals surface area contributed by atoms with Gasteiger partial charge in [-0.1, -0.05) is 29.3 Å². The average Bonchev–Trinajstić information content (AvgIpc) is 2.74. The molecular formula is C19H25N3O3. The molecule has 1 aromatic heterocycles. The zero-order valence-corrected chi connectivity index (χ0v) is 15.4. The maximum absolute atomic E-state index is 12.3. The van der Waals surface area contributed by atoms with Crippen molar-refractivity contribution in [1.82, 2.24) is 15.1 Å². The summed E-state index contributed by atoms with van der Waals surface area (Å²) in [5.74, 6) is -1.35. The summed E-state index contributed by atoms with van der Waals surface area (Å²) < 4.78 is 1.79. The molecule has 6 heteroatoms. The monoisotopic (exact) mass is 343 g/mol. The van der Waals surface area contributed by atoms with Gasteiger partial charge in [0.25, 0.3) is 0 Å². The van der Waals surface area contributed by atoms with Gasteiger partial charge in [0.1, 0.15) is 0 Å². The number of carbonyl (C=O) groups excluding carboxylic acids is 1. The van der Waals surface area contributed by atoms with Gasteiger partial charge in [-0.15, -0.1) is 0 Å². The Kier molecular flexibility index (Phi) is 5.62. The van der Waals surface area contributed by atoms with E-state index < -0.39 is 12.0 Å². The highest BCUT2D eigenvalue weighted by Gasteiger charge is 2.23. The van der Waals surface area contributed by atoms with Crippen molar-refractivity contribution in [2.75, 3.05) is 0 Å². The van der Waals surface area contributed by atoms with Crippen molar-refractivity contribution in [3.63, 3.8) is 0 Å². The van der Waals surface area contributed by atoms with Crippen molar-refractivity contribution in [2.45, 2.75) is 46.6 Å². The van der Waals surface area contributed by atoms with E-state index in [2.05, 4.69) is 10.4 Å². The SMILES string of the molecule is Cc1cc(C)cc(C(NC(=O)CCc2c(C)nn(C)c2C)C(=O)O)c1. The van der Waals surface area contributed by atoms with Crippen LogP contribution in [-0.2, 0) is 23.1 Å². The number of rotatable bonds is 6. The van der Waals surface area contributed by atoms with E-state index in [1.165, 1.54) is 0 Å². The lowest BCUT2D eigenvalue weighted by Crippen LogP contribution is -2.34. The van der Waals surface area contributed by atoms with Crippen LogP contribution in [0.2, 0.25) is 0 Å². The maximum atomic E-state index is 12.3. The smallest absolute Gasteiger partial charge is 0.330 e. The Morgan fingerprint density at radius 2 is 1.76 bits per heavy atom. The third-order valence-electron chi connectivity index (χ3n) is 4.39. The first-order valence-corrected chi connectivity index (χ1v) is 8.28. The maximum Gasteiger partial charge on any atom is 0.330 e. The summed E-state index contributed by atoms with van der Waals surface area (Å²) in [6.07, 6.45) is 0.762. The number of benzene rings is 1. The van der Waals surface area contributed by atoms with Crippen molar-refractivity contribution in [2.24, 2.45) is 7.05 Å². The van der Waals surface area contributed by atoms with Crippen molar-refractivity contribution in [3.05, 3.63) is 51.8 Å². The number of aryl methyl sites for hydroxylation is 4. The van der Waals surface area contributed by atoms with Gasteiger partial charge >= 0.3 is 5.97 Å². The van der Waals surface area contributed by atoms with Gasteiger partial charge in [0.2, 0.25) is 5.91 Å². The Bertz CT molecular complexity index is 788. The number of carboxylic acids is 1. The van der Waals surface area contributed by atoms with E-state index in [-0.39, 0.29) is 12.3 Å². The number of carboxylic acid groups (broad SMARTS) is 1. The molecule has 0 aliphatic rings. The highest BCUT2D eigenvalue weighted by Crippen LogP contribution is 2.19. The van der Waals surface area contributed by atoms with Gasteiger partial charge in [-0.05, 0) is 45.2 Å². The highest BCUT2D eigenvalue weighted by atomic mass is 16.4. The lowest BCUT2D eigenvalue weighted by Gasteiger charge is -2.16. The molecule has 1 aromatic carbocycles. The molecule has 134 valence electrons. The Morgan fingerprint density at radius 3 is 2.24 bits per heavy atom. The summed E-state index contributed by atoms with van der Waals surface area (Å²) >= 11 is 0. The number of nitrogens with one attached hydrogen (secondary N) is 1. The summed E-state index contributed by atoms with van der Waals surface area (Å²) in [4.78, 5) is 23.9. The van der Waals surface area contributed by atoms with Crippen LogP contribution in [-0.4, -0.2) is 26.8 Å². The molecule has 0 fully saturated rings. The largest absolute Gasteiger partial charge is 0.479 e. The van der Waals surface area contributed by atoms with Crippen LogP contribution in [0.3, 0.4) is 0 Å². The lowest BCUT2D eigenvalue weighted by atomic mass is 10.0. The van der Waals surface area contributed by atoms with Crippen LogP contribution in [0.15, 0.2) is 18.2 Å². The molecule has 2 N–H and O–H groups in total. The van der Waals surface area contributed by atoms with Crippen molar-refractivity contribution in [3.8, 4) is 0 Å². The lowest BCUT2D eigenvalue weighted by molar-refractivity contribution is -0.142. The summed E-state index contributed by atoms with van der Waals surface area (Å²) in [5.41, 5.74) is 5.49. The molecule has 1 atom stereocenters. The van der Waals surface area contributed by atoms with Gasteiger partial charge in [-0.3, -0.25) is 9.48 Å². The molecule has 0 spiro atoms. The first-order chi connectivity index (χ1) is 11.7.